The minimum atomic E-state index is -0.408. The number of rotatable bonds is 2. The number of hydrogen-bond acceptors (Lipinski definition) is 3. The Kier molecular flexibility index (Phi) is 4.56. The maximum atomic E-state index is 7.74. The fraction of sp³-hybridized carbons (Fsp3) is 0.647. The normalized spacial score (nSPS) is 24.8. The summed E-state index contributed by atoms with van der Waals surface area (Å²) in [5.74, 6) is 0.881. The predicted molar refractivity (Wildman–Crippen MR) is 88.2 cm³/mol. The molecule has 0 bridgehead atoms. The third-order valence-corrected chi connectivity index (χ3v) is 5.07. The first-order valence-electron chi connectivity index (χ1n) is 8.06. The van der Waals surface area contributed by atoms with Crippen molar-refractivity contribution in [1.29, 1.82) is 0 Å². The van der Waals surface area contributed by atoms with Gasteiger partial charge in [-0.25, -0.2) is 11.6 Å². The molecule has 2 aliphatic rings. The molecule has 0 aromatic carbocycles. The second-order valence-corrected chi connectivity index (χ2v) is 6.75. The van der Waals surface area contributed by atoms with Crippen molar-refractivity contribution < 1.29 is 4.74 Å². The van der Waals surface area contributed by atoms with Gasteiger partial charge in [0.2, 0.25) is 0 Å². The second kappa shape index (κ2) is 6.44. The van der Waals surface area contributed by atoms with Gasteiger partial charge in [0.05, 0.1) is 19.3 Å². The van der Waals surface area contributed by atoms with Crippen molar-refractivity contribution in [3.63, 3.8) is 0 Å². The summed E-state index contributed by atoms with van der Waals surface area (Å²) in [5.41, 5.74) is 0.630. The van der Waals surface area contributed by atoms with Crippen LogP contribution in [0.2, 0.25) is 5.15 Å². The van der Waals surface area contributed by atoms with Crippen LogP contribution in [0.3, 0.4) is 0 Å². The van der Waals surface area contributed by atoms with E-state index >= 15 is 0 Å². The van der Waals surface area contributed by atoms with Crippen LogP contribution in [0.15, 0.2) is 12.1 Å². The molecule has 1 aromatic rings. The maximum Gasteiger partial charge on any atom is 0.257 e. The lowest BCUT2D eigenvalue weighted by Gasteiger charge is -2.35. The first kappa shape index (κ1) is 15.6. The summed E-state index contributed by atoms with van der Waals surface area (Å²) in [6.07, 6.45) is 5.31. The third-order valence-electron chi connectivity index (χ3n) is 4.87. The largest absolute Gasteiger partial charge is 0.377 e. The van der Waals surface area contributed by atoms with Gasteiger partial charge in [-0.15, -0.1) is 0 Å². The molecule has 4 nitrogen and oxygen atoms in total. The van der Waals surface area contributed by atoms with E-state index in [0.717, 1.165) is 43.6 Å². The van der Waals surface area contributed by atoms with E-state index in [2.05, 4.69) is 27.7 Å². The predicted octanol–water partition coefficient (Wildman–Crippen LogP) is 4.04. The van der Waals surface area contributed by atoms with Gasteiger partial charge in [0.1, 0.15) is 11.0 Å². The van der Waals surface area contributed by atoms with E-state index in [4.69, 9.17) is 22.9 Å². The smallest absolute Gasteiger partial charge is 0.257 e. The van der Waals surface area contributed by atoms with Crippen LogP contribution in [-0.2, 0) is 10.3 Å². The lowest BCUT2D eigenvalue weighted by molar-refractivity contribution is 0.0985. The van der Waals surface area contributed by atoms with Crippen molar-refractivity contribution in [1.82, 2.24) is 4.98 Å². The van der Waals surface area contributed by atoms with E-state index in [-0.39, 0.29) is 6.04 Å². The highest BCUT2D eigenvalue weighted by molar-refractivity contribution is 6.29. The van der Waals surface area contributed by atoms with Crippen LogP contribution in [0.4, 0.5) is 5.82 Å². The molecule has 0 unspecified atom stereocenters. The SMILES string of the molecule is [C-]#[N+]C1(c2cc(Cl)nc(N3CCOC[C@H]3C)c2)CCCCC1. The fourth-order valence-electron chi connectivity index (χ4n) is 3.57. The summed E-state index contributed by atoms with van der Waals surface area (Å²) in [6, 6.07) is 4.25. The van der Waals surface area contributed by atoms with E-state index in [9.17, 15) is 0 Å². The number of hydrogen-bond donors (Lipinski definition) is 0. The standard InChI is InChI=1S/C17H22ClN3O/c1-13-12-22-9-8-21(13)16-11-14(10-15(18)20-16)17(19-2)6-4-3-5-7-17/h10-11,13H,3-9,12H2,1H3/t13-/m1/s1. The molecular weight excluding hydrogens is 298 g/mol. The summed E-state index contributed by atoms with van der Waals surface area (Å²) in [6.45, 7) is 12.1. The number of morpholine rings is 1. The molecule has 0 radical (unpaired) electrons. The van der Waals surface area contributed by atoms with Crippen LogP contribution in [0.5, 0.6) is 0 Å². The molecule has 3 rings (SSSR count). The van der Waals surface area contributed by atoms with Crippen LogP contribution < -0.4 is 4.90 Å². The maximum absolute atomic E-state index is 7.74. The molecule has 0 amide bonds. The van der Waals surface area contributed by atoms with Crippen LogP contribution in [0.25, 0.3) is 4.85 Å². The summed E-state index contributed by atoms with van der Waals surface area (Å²) >= 11 is 6.28. The molecule has 5 heteroatoms. The van der Waals surface area contributed by atoms with Crippen molar-refractivity contribution >= 4 is 17.4 Å². The van der Waals surface area contributed by atoms with Gasteiger partial charge in [-0.2, -0.15) is 0 Å². The molecule has 22 heavy (non-hydrogen) atoms. The van der Waals surface area contributed by atoms with Gasteiger partial charge < -0.3 is 14.5 Å². The summed E-state index contributed by atoms with van der Waals surface area (Å²) < 4.78 is 5.50. The Hall–Kier alpha value is -1.31. The molecule has 1 aliphatic carbocycles. The lowest BCUT2D eigenvalue weighted by Crippen LogP contribution is -2.44. The first-order valence-corrected chi connectivity index (χ1v) is 8.43. The lowest BCUT2D eigenvalue weighted by atomic mass is 9.77. The number of anilines is 1. The Labute approximate surface area is 137 Å². The minimum absolute atomic E-state index is 0.280. The topological polar surface area (TPSA) is 29.7 Å². The molecular formula is C17H22ClN3O. The highest BCUT2D eigenvalue weighted by atomic mass is 35.5. The monoisotopic (exact) mass is 319 g/mol. The number of aromatic nitrogens is 1. The number of ether oxygens (including phenoxy) is 1. The van der Waals surface area contributed by atoms with Crippen LogP contribution in [0.1, 0.15) is 44.6 Å². The number of nitrogens with zero attached hydrogens (tertiary/aromatic N) is 3. The van der Waals surface area contributed by atoms with Gasteiger partial charge in [0.25, 0.3) is 5.54 Å². The number of halogens is 1. The van der Waals surface area contributed by atoms with Crippen LogP contribution in [-0.4, -0.2) is 30.8 Å². The van der Waals surface area contributed by atoms with Crippen molar-refractivity contribution in [3.8, 4) is 0 Å². The minimum Gasteiger partial charge on any atom is -0.377 e. The Morgan fingerprint density at radius 1 is 1.36 bits per heavy atom. The van der Waals surface area contributed by atoms with Crippen molar-refractivity contribution in [3.05, 3.63) is 34.3 Å². The molecule has 1 saturated carbocycles. The van der Waals surface area contributed by atoms with E-state index < -0.39 is 5.54 Å². The average Bonchev–Trinajstić information content (AvgIpc) is 2.55. The zero-order chi connectivity index (χ0) is 15.6. The highest BCUT2D eigenvalue weighted by Crippen LogP contribution is 2.42. The summed E-state index contributed by atoms with van der Waals surface area (Å²) in [7, 11) is 0. The molecule has 118 valence electrons. The Bertz CT molecular complexity index is 578. The van der Waals surface area contributed by atoms with Gasteiger partial charge in [0.15, 0.2) is 0 Å². The van der Waals surface area contributed by atoms with Gasteiger partial charge in [-0.3, -0.25) is 0 Å². The van der Waals surface area contributed by atoms with Crippen molar-refractivity contribution in [2.75, 3.05) is 24.7 Å². The van der Waals surface area contributed by atoms with E-state index in [1.54, 1.807) is 0 Å². The molecule has 1 aromatic heterocycles. The fourth-order valence-corrected chi connectivity index (χ4v) is 3.77. The first-order chi connectivity index (χ1) is 10.6. The highest BCUT2D eigenvalue weighted by Gasteiger charge is 2.41. The molecule has 2 heterocycles. The molecule has 0 N–H and O–H groups in total. The van der Waals surface area contributed by atoms with E-state index in [1.807, 2.05) is 6.07 Å². The van der Waals surface area contributed by atoms with E-state index in [1.165, 1.54) is 6.42 Å². The van der Waals surface area contributed by atoms with E-state index in [0.29, 0.717) is 18.4 Å². The Morgan fingerprint density at radius 3 is 2.82 bits per heavy atom. The van der Waals surface area contributed by atoms with Crippen molar-refractivity contribution in [2.45, 2.75) is 50.6 Å². The van der Waals surface area contributed by atoms with Crippen LogP contribution in [0, 0.1) is 6.57 Å². The van der Waals surface area contributed by atoms with Crippen LogP contribution >= 0.6 is 11.6 Å². The number of pyridine rings is 1. The van der Waals surface area contributed by atoms with Gasteiger partial charge >= 0.3 is 0 Å². The Morgan fingerprint density at radius 2 is 2.14 bits per heavy atom. The summed E-state index contributed by atoms with van der Waals surface area (Å²) in [4.78, 5) is 10.8. The van der Waals surface area contributed by atoms with Gasteiger partial charge in [-0.1, -0.05) is 18.0 Å². The zero-order valence-corrected chi connectivity index (χ0v) is 13.8. The Balaban J connectivity index is 1.97. The van der Waals surface area contributed by atoms with Gasteiger partial charge in [-0.05, 0) is 31.9 Å². The molecule has 2 fully saturated rings. The second-order valence-electron chi connectivity index (χ2n) is 6.36. The quantitative estimate of drug-likeness (QED) is 0.608. The molecule has 1 saturated heterocycles. The molecule has 0 spiro atoms. The zero-order valence-electron chi connectivity index (χ0n) is 13.0. The van der Waals surface area contributed by atoms with Crippen molar-refractivity contribution in [2.24, 2.45) is 0 Å². The van der Waals surface area contributed by atoms with Gasteiger partial charge in [0, 0.05) is 24.9 Å². The summed E-state index contributed by atoms with van der Waals surface area (Å²) in [5, 5.41) is 0.486. The molecule has 1 atom stereocenters. The third kappa shape index (κ3) is 2.93. The average molecular weight is 320 g/mol. The molecule has 1 aliphatic heterocycles.